The van der Waals surface area contributed by atoms with Gasteiger partial charge < -0.3 is 5.73 Å². The minimum Gasteiger partial charge on any atom is -0.399 e. The van der Waals surface area contributed by atoms with Crippen LogP contribution in [0.2, 0.25) is 0 Å². The van der Waals surface area contributed by atoms with Crippen LogP contribution in [0.25, 0.3) is 0 Å². The molecule has 1 aromatic carbocycles. The fourth-order valence-electron chi connectivity index (χ4n) is 1.65. The molecule has 0 saturated carbocycles. The molecule has 1 aliphatic rings. The van der Waals surface area contributed by atoms with Crippen molar-refractivity contribution in [1.29, 1.82) is 0 Å². The quantitative estimate of drug-likeness (QED) is 0.758. The van der Waals surface area contributed by atoms with E-state index < -0.39 is 0 Å². The number of nitrogens with two attached hydrogens (primary N) is 1. The maximum atomic E-state index is 13.4. The van der Waals surface area contributed by atoms with Gasteiger partial charge in [0.1, 0.15) is 5.82 Å². The number of nitrogens with zero attached hydrogens (tertiary/aromatic N) is 1. The molecule has 4 heteroatoms. The lowest BCUT2D eigenvalue weighted by Gasteiger charge is -2.26. The van der Waals surface area contributed by atoms with E-state index in [1.54, 1.807) is 17.2 Å². The lowest BCUT2D eigenvalue weighted by atomic mass is 10.2. The second kappa shape index (κ2) is 4.59. The lowest BCUT2D eigenvalue weighted by Crippen LogP contribution is -2.29. The van der Waals surface area contributed by atoms with Crippen LogP contribution in [-0.4, -0.2) is 18.2 Å². The van der Waals surface area contributed by atoms with E-state index in [-0.39, 0.29) is 5.82 Å². The highest BCUT2D eigenvalue weighted by atomic mass is 19.1. The first kappa shape index (κ1) is 10.4. The van der Waals surface area contributed by atoms with Crippen LogP contribution in [0.15, 0.2) is 18.2 Å². The molecule has 15 heavy (non-hydrogen) atoms. The van der Waals surface area contributed by atoms with Crippen LogP contribution in [-0.2, 0) is 11.4 Å². The van der Waals surface area contributed by atoms with Gasteiger partial charge in [0.05, 0.1) is 13.2 Å². The summed E-state index contributed by atoms with van der Waals surface area (Å²) in [6.45, 7) is 2.09. The van der Waals surface area contributed by atoms with Crippen LogP contribution in [0.3, 0.4) is 0 Å². The summed E-state index contributed by atoms with van der Waals surface area (Å²) in [5.41, 5.74) is 6.56. The first-order valence-electron chi connectivity index (χ1n) is 5.17. The molecule has 0 radical (unpaired) electrons. The minimum atomic E-state index is -0.260. The smallest absolute Gasteiger partial charge is 0.129 e. The van der Waals surface area contributed by atoms with Crippen molar-refractivity contribution in [3.05, 3.63) is 29.6 Å². The van der Waals surface area contributed by atoms with Crippen molar-refractivity contribution < 1.29 is 9.23 Å². The van der Waals surface area contributed by atoms with Gasteiger partial charge in [-0.05, 0) is 25.0 Å². The molecule has 1 aromatic rings. The third-order valence-electron chi connectivity index (χ3n) is 2.50. The monoisotopic (exact) mass is 210 g/mol. The molecule has 3 nitrogen and oxygen atoms in total. The van der Waals surface area contributed by atoms with Crippen molar-refractivity contribution >= 4 is 5.69 Å². The van der Waals surface area contributed by atoms with E-state index in [2.05, 4.69) is 0 Å². The van der Waals surface area contributed by atoms with Gasteiger partial charge in [0.2, 0.25) is 0 Å². The third kappa shape index (κ3) is 2.67. The molecule has 1 heterocycles. The van der Waals surface area contributed by atoms with E-state index in [9.17, 15) is 4.39 Å². The zero-order valence-electron chi connectivity index (χ0n) is 8.58. The molecular weight excluding hydrogens is 195 g/mol. The summed E-state index contributed by atoms with van der Waals surface area (Å²) in [6.07, 6.45) is 2.19. The number of nitrogen functional groups attached to an aromatic ring is 1. The van der Waals surface area contributed by atoms with Crippen molar-refractivity contribution in [3.63, 3.8) is 0 Å². The predicted molar refractivity (Wildman–Crippen MR) is 56.4 cm³/mol. The standard InChI is InChI=1S/C11H15FN2O/c12-11-7-10(13)4-3-9(11)8-14-5-1-2-6-15-14/h3-4,7H,1-2,5-6,8,13H2. The largest absolute Gasteiger partial charge is 0.399 e. The summed E-state index contributed by atoms with van der Waals surface area (Å²) < 4.78 is 13.4. The molecule has 1 saturated heterocycles. The van der Waals surface area contributed by atoms with Crippen LogP contribution < -0.4 is 5.73 Å². The van der Waals surface area contributed by atoms with Gasteiger partial charge in [-0.3, -0.25) is 4.84 Å². The normalized spacial score (nSPS) is 17.9. The summed E-state index contributed by atoms with van der Waals surface area (Å²) in [4.78, 5) is 5.40. The van der Waals surface area contributed by atoms with Gasteiger partial charge in [-0.15, -0.1) is 0 Å². The van der Waals surface area contributed by atoms with Crippen LogP contribution in [0.4, 0.5) is 10.1 Å². The zero-order valence-corrected chi connectivity index (χ0v) is 8.58. The summed E-state index contributed by atoms with van der Waals surface area (Å²) >= 11 is 0. The van der Waals surface area contributed by atoms with Crippen molar-refractivity contribution in [2.45, 2.75) is 19.4 Å². The highest BCUT2D eigenvalue weighted by Crippen LogP contribution is 2.16. The molecule has 82 valence electrons. The summed E-state index contributed by atoms with van der Waals surface area (Å²) in [7, 11) is 0. The van der Waals surface area contributed by atoms with Gasteiger partial charge in [0.25, 0.3) is 0 Å². The Kier molecular flexibility index (Phi) is 3.18. The number of benzene rings is 1. The topological polar surface area (TPSA) is 38.5 Å². The second-order valence-electron chi connectivity index (χ2n) is 3.75. The number of halogens is 1. The first-order chi connectivity index (χ1) is 7.25. The van der Waals surface area contributed by atoms with E-state index in [0.717, 1.165) is 26.0 Å². The molecule has 2 rings (SSSR count). The minimum absolute atomic E-state index is 0.260. The predicted octanol–water partition coefficient (Wildman–Crippen LogP) is 1.94. The van der Waals surface area contributed by atoms with Gasteiger partial charge >= 0.3 is 0 Å². The Morgan fingerprint density at radius 3 is 2.93 bits per heavy atom. The average molecular weight is 210 g/mol. The molecular formula is C11H15FN2O. The van der Waals surface area contributed by atoms with Crippen LogP contribution in [0.5, 0.6) is 0 Å². The molecule has 0 bridgehead atoms. The molecule has 1 fully saturated rings. The van der Waals surface area contributed by atoms with Crippen molar-refractivity contribution in [2.75, 3.05) is 18.9 Å². The summed E-state index contributed by atoms with van der Waals surface area (Å²) in [5, 5.41) is 1.80. The SMILES string of the molecule is Nc1ccc(CN2CCCCO2)c(F)c1. The summed E-state index contributed by atoms with van der Waals surface area (Å²) in [5.74, 6) is -0.260. The Labute approximate surface area is 88.6 Å². The molecule has 0 aliphatic carbocycles. The Bertz CT molecular complexity index is 337. The van der Waals surface area contributed by atoms with Gasteiger partial charge in [0, 0.05) is 17.8 Å². The van der Waals surface area contributed by atoms with Gasteiger partial charge in [-0.25, -0.2) is 4.39 Å². The van der Waals surface area contributed by atoms with Crippen LogP contribution in [0, 0.1) is 5.82 Å². The van der Waals surface area contributed by atoms with Gasteiger partial charge in [-0.2, -0.15) is 5.06 Å². The Hall–Kier alpha value is -1.13. The molecule has 1 aliphatic heterocycles. The lowest BCUT2D eigenvalue weighted by molar-refractivity contribution is -0.187. The number of anilines is 1. The van der Waals surface area contributed by atoms with Gasteiger partial charge in [-0.1, -0.05) is 6.07 Å². The van der Waals surface area contributed by atoms with Crippen LogP contribution in [0.1, 0.15) is 18.4 Å². The van der Waals surface area contributed by atoms with Crippen molar-refractivity contribution in [3.8, 4) is 0 Å². The fourth-order valence-corrected chi connectivity index (χ4v) is 1.65. The maximum Gasteiger partial charge on any atom is 0.129 e. The molecule has 0 atom stereocenters. The first-order valence-corrected chi connectivity index (χ1v) is 5.17. The number of hydroxylamine groups is 2. The van der Waals surface area contributed by atoms with E-state index in [4.69, 9.17) is 10.6 Å². The fraction of sp³-hybridized carbons (Fsp3) is 0.455. The molecule has 2 N–H and O–H groups in total. The van der Waals surface area contributed by atoms with E-state index in [0.29, 0.717) is 17.8 Å². The second-order valence-corrected chi connectivity index (χ2v) is 3.75. The molecule has 0 amide bonds. The average Bonchev–Trinajstić information content (AvgIpc) is 2.24. The highest BCUT2D eigenvalue weighted by molar-refractivity contribution is 5.40. The number of rotatable bonds is 2. The Balaban J connectivity index is 2.03. The van der Waals surface area contributed by atoms with E-state index >= 15 is 0 Å². The highest BCUT2D eigenvalue weighted by Gasteiger charge is 2.13. The van der Waals surface area contributed by atoms with E-state index in [1.807, 2.05) is 0 Å². The molecule has 0 spiro atoms. The Morgan fingerprint density at radius 2 is 2.27 bits per heavy atom. The zero-order chi connectivity index (χ0) is 10.7. The van der Waals surface area contributed by atoms with Crippen molar-refractivity contribution in [1.82, 2.24) is 5.06 Å². The van der Waals surface area contributed by atoms with Crippen molar-refractivity contribution in [2.24, 2.45) is 0 Å². The molecule has 0 aromatic heterocycles. The van der Waals surface area contributed by atoms with Crippen LogP contribution >= 0.6 is 0 Å². The van der Waals surface area contributed by atoms with E-state index in [1.165, 1.54) is 6.07 Å². The third-order valence-corrected chi connectivity index (χ3v) is 2.50. The summed E-state index contributed by atoms with van der Waals surface area (Å²) in [6, 6.07) is 4.77. The maximum absolute atomic E-state index is 13.4. The molecule has 0 unspecified atom stereocenters. The Morgan fingerprint density at radius 1 is 1.40 bits per heavy atom. The number of hydrogen-bond donors (Lipinski definition) is 1. The van der Waals surface area contributed by atoms with Gasteiger partial charge in [0.15, 0.2) is 0 Å². The number of hydrogen-bond acceptors (Lipinski definition) is 3.